The van der Waals surface area contributed by atoms with E-state index in [1.807, 2.05) is 37.3 Å². The van der Waals surface area contributed by atoms with Crippen molar-refractivity contribution in [3.8, 4) is 0 Å². The molecule has 28 heavy (non-hydrogen) atoms. The number of rotatable bonds is 5. The highest BCUT2D eigenvalue weighted by Crippen LogP contribution is 2.40. The average Bonchev–Trinajstić information content (AvgIpc) is 2.67. The van der Waals surface area contributed by atoms with Crippen LogP contribution in [0.4, 0.5) is 14.5 Å². The van der Waals surface area contributed by atoms with Crippen molar-refractivity contribution in [1.82, 2.24) is 0 Å². The highest BCUT2D eigenvalue weighted by Gasteiger charge is 2.24. The van der Waals surface area contributed by atoms with Crippen LogP contribution in [0.3, 0.4) is 0 Å². The van der Waals surface area contributed by atoms with Crippen LogP contribution in [0.25, 0.3) is 11.1 Å². The number of fused-ring (bicyclic) bond motifs is 1. The van der Waals surface area contributed by atoms with Crippen LogP contribution >= 0.6 is 0 Å². The van der Waals surface area contributed by atoms with Gasteiger partial charge in [-0.1, -0.05) is 56.2 Å². The molecule has 0 spiro atoms. The second-order valence-corrected chi connectivity index (χ2v) is 6.52. The molecule has 0 fully saturated rings. The smallest absolute Gasteiger partial charge is 0.160 e. The van der Waals surface area contributed by atoms with E-state index in [9.17, 15) is 13.9 Å². The molecule has 0 saturated carbocycles. The van der Waals surface area contributed by atoms with E-state index in [1.165, 1.54) is 0 Å². The molecular weight excluding hydrogens is 356 g/mol. The maximum Gasteiger partial charge on any atom is 0.160 e. The fourth-order valence-corrected chi connectivity index (χ4v) is 3.25. The van der Waals surface area contributed by atoms with E-state index >= 15 is 0 Å². The molecule has 0 bridgehead atoms. The van der Waals surface area contributed by atoms with Crippen LogP contribution in [-0.4, -0.2) is 5.11 Å². The van der Waals surface area contributed by atoms with E-state index in [4.69, 9.17) is 0 Å². The van der Waals surface area contributed by atoms with Crippen LogP contribution in [0, 0.1) is 11.6 Å². The lowest BCUT2D eigenvalue weighted by Gasteiger charge is -2.30. The Kier molecular flexibility index (Phi) is 5.32. The fourth-order valence-electron chi connectivity index (χ4n) is 3.25. The van der Waals surface area contributed by atoms with Crippen molar-refractivity contribution < 1.29 is 13.9 Å². The third kappa shape index (κ3) is 3.54. The molecule has 4 heteroatoms. The van der Waals surface area contributed by atoms with Gasteiger partial charge in [0.1, 0.15) is 5.76 Å². The molecule has 0 aromatic heterocycles. The van der Waals surface area contributed by atoms with Crippen molar-refractivity contribution in [3.63, 3.8) is 0 Å². The Hall–Kier alpha value is -3.40. The molecule has 2 nitrogen and oxygen atoms in total. The van der Waals surface area contributed by atoms with Gasteiger partial charge in [0.25, 0.3) is 0 Å². The first kappa shape index (κ1) is 19.4. The SMILES string of the molecule is C=C/C(=C\C)c1ccc(CN2C=C(C(=C)O)C(=C)c3cc(F)c(F)cc32)cc1. The standard InChI is InChI=1S/C24H21F2NO/c1-5-18(6-2)19-9-7-17(8-10-19)13-27-14-21(16(4)28)15(3)20-11-22(25)23(26)12-24(20)27/h5-12,14,28H,1,3-4,13H2,2H3/b18-6+. The molecule has 1 aliphatic heterocycles. The highest BCUT2D eigenvalue weighted by atomic mass is 19.2. The number of nitrogens with zero attached hydrogens (tertiary/aromatic N) is 1. The zero-order chi connectivity index (χ0) is 20.4. The average molecular weight is 377 g/mol. The minimum Gasteiger partial charge on any atom is -0.508 e. The number of anilines is 1. The number of aliphatic hydroxyl groups excluding tert-OH is 1. The Bertz CT molecular complexity index is 1030. The van der Waals surface area contributed by atoms with Crippen LogP contribution in [0.1, 0.15) is 23.6 Å². The molecule has 1 N–H and O–H groups in total. The lowest BCUT2D eigenvalue weighted by Crippen LogP contribution is -2.22. The fraction of sp³-hybridized carbons (Fsp3) is 0.0833. The maximum absolute atomic E-state index is 13.9. The Morgan fingerprint density at radius 2 is 1.79 bits per heavy atom. The summed E-state index contributed by atoms with van der Waals surface area (Å²) in [6.45, 7) is 13.6. The summed E-state index contributed by atoms with van der Waals surface area (Å²) in [5.74, 6) is -2.07. The number of hydrogen-bond acceptors (Lipinski definition) is 2. The lowest BCUT2D eigenvalue weighted by molar-refractivity contribution is 0.429. The number of aliphatic hydroxyl groups is 1. The molecule has 142 valence electrons. The van der Waals surface area contributed by atoms with Crippen LogP contribution in [0.15, 0.2) is 85.8 Å². The molecule has 0 aliphatic carbocycles. The van der Waals surface area contributed by atoms with E-state index in [1.54, 1.807) is 17.2 Å². The van der Waals surface area contributed by atoms with E-state index in [0.29, 0.717) is 28.9 Å². The van der Waals surface area contributed by atoms with Crippen molar-refractivity contribution in [2.75, 3.05) is 4.90 Å². The van der Waals surface area contributed by atoms with Crippen molar-refractivity contribution >= 4 is 16.8 Å². The summed E-state index contributed by atoms with van der Waals surface area (Å²) in [6, 6.07) is 10.1. The van der Waals surface area contributed by atoms with E-state index < -0.39 is 11.6 Å². The van der Waals surface area contributed by atoms with Crippen LogP contribution < -0.4 is 4.90 Å². The quantitative estimate of drug-likeness (QED) is 0.472. The minimum absolute atomic E-state index is 0.176. The van der Waals surface area contributed by atoms with Gasteiger partial charge < -0.3 is 10.0 Å². The summed E-state index contributed by atoms with van der Waals surface area (Å²) in [6.07, 6.45) is 5.42. The van der Waals surface area contributed by atoms with Gasteiger partial charge in [-0.2, -0.15) is 0 Å². The molecule has 1 aliphatic rings. The predicted molar refractivity (Wildman–Crippen MR) is 112 cm³/mol. The molecule has 0 radical (unpaired) electrons. The van der Waals surface area contributed by atoms with E-state index in [2.05, 4.69) is 19.7 Å². The molecule has 0 amide bonds. The number of halogens is 2. The Labute approximate surface area is 163 Å². The van der Waals surface area contributed by atoms with Gasteiger partial charge in [0.15, 0.2) is 11.6 Å². The first-order valence-electron chi connectivity index (χ1n) is 8.79. The second kappa shape index (κ2) is 7.69. The van der Waals surface area contributed by atoms with Gasteiger partial charge in [-0.25, -0.2) is 8.78 Å². The van der Waals surface area contributed by atoms with Crippen molar-refractivity contribution in [3.05, 3.63) is 114 Å². The van der Waals surface area contributed by atoms with Crippen LogP contribution in [0.2, 0.25) is 0 Å². The Balaban J connectivity index is 2.00. The zero-order valence-electron chi connectivity index (χ0n) is 15.7. The summed E-state index contributed by atoms with van der Waals surface area (Å²) >= 11 is 0. The van der Waals surface area contributed by atoms with Gasteiger partial charge in [0.2, 0.25) is 0 Å². The monoisotopic (exact) mass is 377 g/mol. The van der Waals surface area contributed by atoms with E-state index in [-0.39, 0.29) is 5.76 Å². The number of benzene rings is 2. The summed E-state index contributed by atoms with van der Waals surface area (Å²) in [5.41, 5.74) is 4.73. The van der Waals surface area contributed by atoms with E-state index in [0.717, 1.165) is 28.8 Å². The molecule has 0 unspecified atom stereocenters. The van der Waals surface area contributed by atoms with Crippen LogP contribution in [-0.2, 0) is 6.54 Å². The predicted octanol–water partition coefficient (Wildman–Crippen LogP) is 6.54. The van der Waals surface area contributed by atoms with Gasteiger partial charge in [0.05, 0.1) is 5.69 Å². The Morgan fingerprint density at radius 1 is 1.14 bits per heavy atom. The zero-order valence-corrected chi connectivity index (χ0v) is 15.7. The largest absolute Gasteiger partial charge is 0.508 e. The number of hydrogen-bond donors (Lipinski definition) is 1. The Morgan fingerprint density at radius 3 is 2.36 bits per heavy atom. The molecule has 2 aromatic carbocycles. The molecule has 0 atom stereocenters. The summed E-state index contributed by atoms with van der Waals surface area (Å²) in [7, 11) is 0. The lowest BCUT2D eigenvalue weighted by atomic mass is 9.93. The van der Waals surface area contributed by atoms with Crippen LogP contribution in [0.5, 0.6) is 0 Å². The first-order chi connectivity index (χ1) is 13.3. The van der Waals surface area contributed by atoms with Crippen molar-refractivity contribution in [2.24, 2.45) is 0 Å². The maximum atomic E-state index is 13.9. The number of allylic oxidation sites excluding steroid dienone is 4. The topological polar surface area (TPSA) is 23.5 Å². The normalized spacial score (nSPS) is 13.8. The minimum atomic E-state index is -0.961. The van der Waals surface area contributed by atoms with Gasteiger partial charge in [0, 0.05) is 29.9 Å². The van der Waals surface area contributed by atoms with Gasteiger partial charge in [-0.05, 0) is 35.3 Å². The van der Waals surface area contributed by atoms with Crippen molar-refractivity contribution in [1.29, 1.82) is 0 Å². The van der Waals surface area contributed by atoms with Gasteiger partial charge in [-0.15, -0.1) is 0 Å². The summed E-state index contributed by atoms with van der Waals surface area (Å²) < 4.78 is 27.7. The highest BCUT2D eigenvalue weighted by molar-refractivity contribution is 5.91. The second-order valence-electron chi connectivity index (χ2n) is 6.52. The summed E-state index contributed by atoms with van der Waals surface area (Å²) in [5, 5.41) is 9.90. The van der Waals surface area contributed by atoms with Gasteiger partial charge >= 0.3 is 0 Å². The molecule has 2 aromatic rings. The summed E-state index contributed by atoms with van der Waals surface area (Å²) in [4.78, 5) is 1.75. The molecule has 3 rings (SSSR count). The molecular formula is C24H21F2NO. The molecule has 1 heterocycles. The van der Waals surface area contributed by atoms with Crippen molar-refractivity contribution in [2.45, 2.75) is 13.5 Å². The molecule has 0 saturated heterocycles. The van der Waals surface area contributed by atoms with Gasteiger partial charge in [-0.3, -0.25) is 0 Å². The third-order valence-corrected chi connectivity index (χ3v) is 4.77. The third-order valence-electron chi connectivity index (χ3n) is 4.77. The first-order valence-corrected chi connectivity index (χ1v) is 8.79.